The molecule has 1 saturated heterocycles. The lowest BCUT2D eigenvalue weighted by Crippen LogP contribution is -2.49. The number of amides is 1. The minimum absolute atomic E-state index is 0.189. The van der Waals surface area contributed by atoms with E-state index in [1.54, 1.807) is 0 Å². The highest BCUT2D eigenvalue weighted by Gasteiger charge is 2.52. The fourth-order valence-corrected chi connectivity index (χ4v) is 4.36. The molecular formula is C21H23FN2O3. The first-order valence-electron chi connectivity index (χ1n) is 9.26. The number of nitrogens with one attached hydrogen (secondary N) is 2. The summed E-state index contributed by atoms with van der Waals surface area (Å²) >= 11 is 0. The first-order chi connectivity index (χ1) is 13.1. The highest BCUT2D eigenvalue weighted by molar-refractivity contribution is 5.78. The van der Waals surface area contributed by atoms with Gasteiger partial charge < -0.3 is 20.5 Å². The first-order valence-corrected chi connectivity index (χ1v) is 9.26. The van der Waals surface area contributed by atoms with Crippen LogP contribution >= 0.6 is 0 Å². The van der Waals surface area contributed by atoms with Gasteiger partial charge in [0, 0.05) is 5.41 Å². The van der Waals surface area contributed by atoms with Crippen molar-refractivity contribution in [1.29, 1.82) is 0 Å². The molecule has 1 amide bonds. The molecule has 1 aliphatic carbocycles. The summed E-state index contributed by atoms with van der Waals surface area (Å²) in [6.07, 6.45) is 1.000. The number of carbonyl (C=O) groups excluding carboxylic acids is 1. The Balaban J connectivity index is 1.48. The average molecular weight is 370 g/mol. The summed E-state index contributed by atoms with van der Waals surface area (Å²) in [4.78, 5) is 12.4. The molecule has 5 nitrogen and oxygen atoms in total. The molecule has 1 heterocycles. The van der Waals surface area contributed by atoms with Gasteiger partial charge in [0.25, 0.3) is 5.91 Å². The van der Waals surface area contributed by atoms with Crippen LogP contribution < -0.4 is 15.4 Å². The molecular weight excluding hydrogens is 347 g/mol. The molecule has 0 saturated carbocycles. The number of hydrogen-bond acceptors (Lipinski definition) is 4. The van der Waals surface area contributed by atoms with Crippen molar-refractivity contribution in [3.8, 4) is 5.75 Å². The summed E-state index contributed by atoms with van der Waals surface area (Å²) in [7, 11) is 0. The van der Waals surface area contributed by atoms with Gasteiger partial charge in [0.15, 0.2) is 6.61 Å². The van der Waals surface area contributed by atoms with Crippen molar-refractivity contribution in [3.63, 3.8) is 0 Å². The zero-order chi connectivity index (χ0) is 18.9. The molecule has 2 atom stereocenters. The second-order valence-corrected chi connectivity index (χ2v) is 7.23. The van der Waals surface area contributed by atoms with Gasteiger partial charge in [0.2, 0.25) is 0 Å². The lowest BCUT2D eigenvalue weighted by molar-refractivity contribution is -0.125. The van der Waals surface area contributed by atoms with E-state index in [1.165, 1.54) is 24.3 Å². The molecule has 0 unspecified atom stereocenters. The highest BCUT2D eigenvalue weighted by Crippen LogP contribution is 2.49. The Morgan fingerprint density at radius 2 is 1.89 bits per heavy atom. The van der Waals surface area contributed by atoms with Gasteiger partial charge in [-0.25, -0.2) is 4.39 Å². The van der Waals surface area contributed by atoms with Crippen molar-refractivity contribution >= 4 is 5.91 Å². The van der Waals surface area contributed by atoms with Gasteiger partial charge in [-0.1, -0.05) is 24.3 Å². The zero-order valence-corrected chi connectivity index (χ0v) is 15.0. The summed E-state index contributed by atoms with van der Waals surface area (Å²) in [6, 6.07) is 13.0. The lowest BCUT2D eigenvalue weighted by atomic mass is 9.72. The predicted molar refractivity (Wildman–Crippen MR) is 99.0 cm³/mol. The molecule has 1 spiro atoms. The molecule has 1 fully saturated rings. The minimum atomic E-state index is -0.674. The van der Waals surface area contributed by atoms with E-state index in [4.69, 9.17) is 4.74 Å². The monoisotopic (exact) mass is 370 g/mol. The van der Waals surface area contributed by atoms with Crippen molar-refractivity contribution in [3.05, 3.63) is 65.5 Å². The molecule has 0 radical (unpaired) electrons. The van der Waals surface area contributed by atoms with E-state index in [9.17, 15) is 14.3 Å². The van der Waals surface area contributed by atoms with E-state index in [2.05, 4.69) is 16.7 Å². The molecule has 4 rings (SSSR count). The van der Waals surface area contributed by atoms with E-state index in [-0.39, 0.29) is 23.7 Å². The number of fused-ring (bicyclic) bond motifs is 2. The van der Waals surface area contributed by atoms with Gasteiger partial charge in [-0.3, -0.25) is 4.79 Å². The minimum Gasteiger partial charge on any atom is -0.484 e. The Hall–Kier alpha value is -2.44. The van der Waals surface area contributed by atoms with Crippen LogP contribution in [0.1, 0.15) is 30.0 Å². The van der Waals surface area contributed by atoms with Gasteiger partial charge in [-0.15, -0.1) is 0 Å². The highest BCUT2D eigenvalue weighted by atomic mass is 19.1. The SMILES string of the molecule is O=C(COc1ccc(F)cc1)N[C@H]1c2ccccc2C2(CCNCC2)[C@@H]1O. The zero-order valence-electron chi connectivity index (χ0n) is 15.0. The van der Waals surface area contributed by atoms with Crippen molar-refractivity contribution in [2.75, 3.05) is 19.7 Å². The second-order valence-electron chi connectivity index (χ2n) is 7.23. The predicted octanol–water partition coefficient (Wildman–Crippen LogP) is 2.06. The van der Waals surface area contributed by atoms with Crippen LogP contribution in [0.3, 0.4) is 0 Å². The van der Waals surface area contributed by atoms with Crippen molar-refractivity contribution in [1.82, 2.24) is 10.6 Å². The van der Waals surface area contributed by atoms with Crippen LogP contribution in [0.15, 0.2) is 48.5 Å². The first kappa shape index (κ1) is 17.9. The number of benzene rings is 2. The third kappa shape index (κ3) is 3.31. The van der Waals surface area contributed by atoms with Gasteiger partial charge in [-0.05, 0) is 61.3 Å². The Bertz CT molecular complexity index is 818. The van der Waals surface area contributed by atoms with Crippen LogP contribution in [0, 0.1) is 5.82 Å². The maximum Gasteiger partial charge on any atom is 0.258 e. The number of aliphatic hydroxyl groups excluding tert-OH is 1. The standard InChI is InChI=1S/C21H23FN2O3/c22-14-5-7-15(8-6-14)27-13-18(25)24-19-16-3-1-2-4-17(16)21(20(19)26)9-11-23-12-10-21/h1-8,19-20,23,26H,9-13H2,(H,24,25)/t19-,20+/m0/s1. The number of carbonyl (C=O) groups is 1. The largest absolute Gasteiger partial charge is 0.484 e. The summed E-state index contributed by atoms with van der Waals surface area (Å²) in [5.41, 5.74) is 1.78. The van der Waals surface area contributed by atoms with E-state index in [1.807, 2.05) is 18.2 Å². The molecule has 2 aliphatic rings. The van der Waals surface area contributed by atoms with Crippen LogP contribution in [0.4, 0.5) is 4.39 Å². The quantitative estimate of drug-likeness (QED) is 0.771. The second kappa shape index (κ2) is 7.29. The normalized spacial score (nSPS) is 23.0. The molecule has 0 aromatic heterocycles. The fourth-order valence-electron chi connectivity index (χ4n) is 4.36. The van der Waals surface area contributed by atoms with E-state index in [0.717, 1.165) is 37.1 Å². The van der Waals surface area contributed by atoms with Crippen LogP contribution in [-0.2, 0) is 10.2 Å². The van der Waals surface area contributed by atoms with Gasteiger partial charge >= 0.3 is 0 Å². The summed E-state index contributed by atoms with van der Waals surface area (Å²) < 4.78 is 18.4. The van der Waals surface area contributed by atoms with Crippen molar-refractivity contribution in [2.24, 2.45) is 0 Å². The van der Waals surface area contributed by atoms with Crippen LogP contribution in [-0.4, -0.2) is 36.8 Å². The van der Waals surface area contributed by atoms with Gasteiger partial charge in [-0.2, -0.15) is 0 Å². The van der Waals surface area contributed by atoms with Crippen LogP contribution in [0.25, 0.3) is 0 Å². The molecule has 2 aromatic carbocycles. The van der Waals surface area contributed by atoms with Crippen LogP contribution in [0.5, 0.6) is 5.75 Å². The number of hydrogen-bond donors (Lipinski definition) is 3. The molecule has 27 heavy (non-hydrogen) atoms. The number of piperidine rings is 1. The van der Waals surface area contributed by atoms with E-state index < -0.39 is 12.1 Å². The Morgan fingerprint density at radius 1 is 1.19 bits per heavy atom. The van der Waals surface area contributed by atoms with Crippen molar-refractivity contribution in [2.45, 2.75) is 30.4 Å². The van der Waals surface area contributed by atoms with Gasteiger partial charge in [0.1, 0.15) is 11.6 Å². The lowest BCUT2D eigenvalue weighted by Gasteiger charge is -2.38. The number of rotatable bonds is 4. The summed E-state index contributed by atoms with van der Waals surface area (Å²) in [6.45, 7) is 1.51. The maximum atomic E-state index is 12.9. The maximum absolute atomic E-state index is 12.9. The Kier molecular flexibility index (Phi) is 4.85. The number of halogens is 1. The summed E-state index contributed by atoms with van der Waals surface area (Å²) in [5.74, 6) is -0.248. The Labute approximate surface area is 157 Å². The molecule has 142 valence electrons. The summed E-state index contributed by atoms with van der Waals surface area (Å²) in [5, 5.41) is 17.4. The molecule has 0 bridgehead atoms. The average Bonchev–Trinajstić information content (AvgIpc) is 2.91. The van der Waals surface area contributed by atoms with Gasteiger partial charge in [0.05, 0.1) is 12.1 Å². The third-order valence-corrected chi connectivity index (χ3v) is 5.71. The molecule has 1 aliphatic heterocycles. The van der Waals surface area contributed by atoms with Crippen LogP contribution in [0.2, 0.25) is 0 Å². The third-order valence-electron chi connectivity index (χ3n) is 5.71. The smallest absolute Gasteiger partial charge is 0.258 e. The molecule has 6 heteroatoms. The van der Waals surface area contributed by atoms with Crippen molar-refractivity contribution < 1.29 is 19.0 Å². The topological polar surface area (TPSA) is 70.6 Å². The molecule has 3 N–H and O–H groups in total. The van der Waals surface area contributed by atoms with E-state index in [0.29, 0.717) is 5.75 Å². The number of ether oxygens (including phenoxy) is 1. The Morgan fingerprint density at radius 3 is 2.63 bits per heavy atom. The fraction of sp³-hybridized carbons (Fsp3) is 0.381. The van der Waals surface area contributed by atoms with E-state index >= 15 is 0 Å². The molecule has 2 aromatic rings. The number of aliphatic hydroxyl groups is 1.